The number of Topliss-reactive ketones (excluding diaryl/α,β-unsaturated/α-hetero) is 1. The number of nitrogens with one attached hydrogen (secondary N) is 1. The van der Waals surface area contributed by atoms with E-state index in [-0.39, 0.29) is 35.4 Å². The van der Waals surface area contributed by atoms with E-state index in [1.54, 1.807) is 71.9 Å². The maximum Gasteiger partial charge on any atom is 0.263 e. The molecule has 0 bridgehead atoms. The minimum absolute atomic E-state index is 0.0528. The highest BCUT2D eigenvalue weighted by molar-refractivity contribution is 7.92. The van der Waals surface area contributed by atoms with Gasteiger partial charge in [0.2, 0.25) is 0 Å². The van der Waals surface area contributed by atoms with Gasteiger partial charge in [-0.2, -0.15) is 0 Å². The lowest BCUT2D eigenvalue weighted by Crippen LogP contribution is -2.44. The van der Waals surface area contributed by atoms with Gasteiger partial charge in [0.25, 0.3) is 15.9 Å². The average Bonchev–Trinajstić information content (AvgIpc) is 3.00. The largest absolute Gasteiger partial charge is 0.324 e. The minimum atomic E-state index is -3.85. The highest BCUT2D eigenvalue weighted by Crippen LogP contribution is 2.27. The molecule has 8 nitrogen and oxygen atoms in total. The molecule has 0 saturated heterocycles. The summed E-state index contributed by atoms with van der Waals surface area (Å²) >= 11 is 6.16. The highest BCUT2D eigenvalue weighted by Gasteiger charge is 2.35. The lowest BCUT2D eigenvalue weighted by Gasteiger charge is -2.29. The lowest BCUT2D eigenvalue weighted by atomic mass is 9.98. The van der Waals surface area contributed by atoms with Gasteiger partial charge in [0.15, 0.2) is 5.78 Å². The van der Waals surface area contributed by atoms with Crippen molar-refractivity contribution in [2.75, 3.05) is 4.72 Å². The molecule has 3 heterocycles. The van der Waals surface area contributed by atoms with Crippen molar-refractivity contribution in [1.82, 2.24) is 14.9 Å². The molecule has 0 radical (unpaired) electrons. The van der Waals surface area contributed by atoms with Gasteiger partial charge in [-0.15, -0.1) is 0 Å². The van der Waals surface area contributed by atoms with Gasteiger partial charge in [0, 0.05) is 48.6 Å². The Morgan fingerprint density at radius 3 is 2.47 bits per heavy atom. The van der Waals surface area contributed by atoms with Gasteiger partial charge in [-0.3, -0.25) is 19.3 Å². The summed E-state index contributed by atoms with van der Waals surface area (Å²) in [6.45, 7) is 0.117. The molecule has 4 aromatic rings. The second-order valence-electron chi connectivity index (χ2n) is 8.92. The van der Waals surface area contributed by atoms with Gasteiger partial charge >= 0.3 is 0 Å². The quantitative estimate of drug-likeness (QED) is 0.370. The van der Waals surface area contributed by atoms with Crippen molar-refractivity contribution in [2.45, 2.75) is 30.3 Å². The first-order valence-corrected chi connectivity index (χ1v) is 13.7. The van der Waals surface area contributed by atoms with Crippen LogP contribution in [-0.4, -0.2) is 41.0 Å². The molecule has 1 aliphatic rings. The van der Waals surface area contributed by atoms with Crippen LogP contribution in [-0.2, 0) is 34.2 Å². The zero-order valence-electron chi connectivity index (χ0n) is 20.1. The number of anilines is 1. The fraction of sp³-hybridized carbons (Fsp3) is 0.143. The Morgan fingerprint density at radius 1 is 0.947 bits per heavy atom. The van der Waals surface area contributed by atoms with E-state index >= 15 is 0 Å². The van der Waals surface area contributed by atoms with Gasteiger partial charge in [-0.1, -0.05) is 35.9 Å². The summed E-state index contributed by atoms with van der Waals surface area (Å²) in [6, 6.07) is 19.0. The Morgan fingerprint density at radius 2 is 1.76 bits per heavy atom. The summed E-state index contributed by atoms with van der Waals surface area (Å²) < 4.78 is 28.0. The van der Waals surface area contributed by atoms with Crippen LogP contribution < -0.4 is 4.72 Å². The molecule has 1 atom stereocenters. The molecule has 0 unspecified atom stereocenters. The summed E-state index contributed by atoms with van der Waals surface area (Å²) in [7, 11) is -3.85. The Kier molecular flexibility index (Phi) is 7.22. The lowest BCUT2D eigenvalue weighted by molar-refractivity contribution is -0.122. The standard InChI is InChI=1S/C28H23ClN4O4S/c29-22-8-11-24-21(15-22)16-26(34)25(14-20-4-3-12-30-17-20)33(28(24)35)18-19-6-9-23(10-7-19)38(36,37)32-27-5-1-2-13-31-27/h1-13,15,17,25H,14,16,18H2,(H,31,32)/t25-/m1/s1. The van der Waals surface area contributed by atoms with E-state index in [0.29, 0.717) is 28.1 Å². The van der Waals surface area contributed by atoms with Gasteiger partial charge in [-0.05, 0) is 65.2 Å². The average molecular weight is 547 g/mol. The van der Waals surface area contributed by atoms with Crippen molar-refractivity contribution in [3.05, 3.63) is 119 Å². The summed E-state index contributed by atoms with van der Waals surface area (Å²) in [6.07, 6.45) is 5.21. The number of rotatable bonds is 7. The second kappa shape index (κ2) is 10.7. The van der Waals surface area contributed by atoms with Crippen LogP contribution in [0.5, 0.6) is 0 Å². The Labute approximate surface area is 225 Å². The number of sulfonamides is 1. The molecular formula is C28H23ClN4O4S. The number of pyridine rings is 2. The van der Waals surface area contributed by atoms with Crippen LogP contribution in [0.2, 0.25) is 5.02 Å². The molecular weight excluding hydrogens is 524 g/mol. The smallest absolute Gasteiger partial charge is 0.263 e. The normalized spacial score (nSPS) is 15.6. The van der Waals surface area contributed by atoms with Gasteiger partial charge in [0.05, 0.1) is 10.9 Å². The molecule has 0 aliphatic carbocycles. The molecule has 2 aromatic carbocycles. The zero-order valence-corrected chi connectivity index (χ0v) is 21.7. The van der Waals surface area contributed by atoms with Gasteiger partial charge in [-0.25, -0.2) is 13.4 Å². The number of amides is 1. The van der Waals surface area contributed by atoms with Crippen LogP contribution in [0.4, 0.5) is 5.82 Å². The number of fused-ring (bicyclic) bond motifs is 1. The molecule has 0 fully saturated rings. The number of hydrogen-bond donors (Lipinski definition) is 1. The van der Waals surface area contributed by atoms with Crippen LogP contribution in [0.25, 0.3) is 0 Å². The van der Waals surface area contributed by atoms with E-state index in [4.69, 9.17) is 11.6 Å². The third-order valence-electron chi connectivity index (χ3n) is 6.31. The number of nitrogens with zero attached hydrogens (tertiary/aromatic N) is 3. The van der Waals surface area contributed by atoms with E-state index in [2.05, 4.69) is 14.7 Å². The molecule has 5 rings (SSSR count). The fourth-order valence-corrected chi connectivity index (χ4v) is 5.63. The van der Waals surface area contributed by atoms with Crippen molar-refractivity contribution < 1.29 is 18.0 Å². The number of aromatic nitrogens is 2. The predicted molar refractivity (Wildman–Crippen MR) is 143 cm³/mol. The molecule has 2 aromatic heterocycles. The molecule has 1 aliphatic heterocycles. The third-order valence-corrected chi connectivity index (χ3v) is 7.92. The predicted octanol–water partition coefficient (Wildman–Crippen LogP) is 4.31. The van der Waals surface area contributed by atoms with Crippen LogP contribution in [0.1, 0.15) is 27.0 Å². The van der Waals surface area contributed by atoms with E-state index in [1.807, 2.05) is 6.07 Å². The molecule has 1 N–H and O–H groups in total. The van der Waals surface area contributed by atoms with E-state index in [1.165, 1.54) is 18.3 Å². The maximum absolute atomic E-state index is 13.7. The van der Waals surface area contributed by atoms with Crippen LogP contribution in [0, 0.1) is 0 Å². The third kappa shape index (κ3) is 5.58. The molecule has 1 amide bonds. The van der Waals surface area contributed by atoms with E-state index in [0.717, 1.165) is 5.56 Å². The summed E-state index contributed by atoms with van der Waals surface area (Å²) in [5.41, 5.74) is 2.52. The monoisotopic (exact) mass is 546 g/mol. The number of benzene rings is 2. The minimum Gasteiger partial charge on any atom is -0.324 e. The molecule has 0 spiro atoms. The molecule has 10 heteroatoms. The van der Waals surface area contributed by atoms with E-state index in [9.17, 15) is 18.0 Å². The number of carbonyl (C=O) groups excluding carboxylic acids is 2. The number of hydrogen-bond acceptors (Lipinski definition) is 6. The second-order valence-corrected chi connectivity index (χ2v) is 11.0. The number of halogens is 1. The molecule has 0 saturated carbocycles. The topological polar surface area (TPSA) is 109 Å². The Hall–Kier alpha value is -4.08. The van der Waals surface area contributed by atoms with Crippen LogP contribution >= 0.6 is 11.6 Å². The van der Waals surface area contributed by atoms with Gasteiger partial charge in [0.1, 0.15) is 5.82 Å². The summed E-state index contributed by atoms with van der Waals surface area (Å²) in [5, 5.41) is 0.456. The molecule has 38 heavy (non-hydrogen) atoms. The Balaban J connectivity index is 1.44. The van der Waals surface area contributed by atoms with Crippen molar-refractivity contribution >= 4 is 39.1 Å². The fourth-order valence-electron chi connectivity index (χ4n) is 4.43. The first kappa shape index (κ1) is 25.6. The maximum atomic E-state index is 13.7. The van der Waals surface area contributed by atoms with Crippen molar-refractivity contribution in [3.8, 4) is 0 Å². The van der Waals surface area contributed by atoms with E-state index < -0.39 is 16.1 Å². The van der Waals surface area contributed by atoms with Crippen molar-refractivity contribution in [1.29, 1.82) is 0 Å². The zero-order chi connectivity index (χ0) is 26.7. The highest BCUT2D eigenvalue weighted by atomic mass is 35.5. The number of ketones is 1. The summed E-state index contributed by atoms with van der Waals surface area (Å²) in [5.74, 6) is -0.186. The SMILES string of the molecule is O=C1Cc2cc(Cl)ccc2C(=O)N(Cc2ccc(S(=O)(=O)Nc3ccccn3)cc2)[C@@H]1Cc1cccnc1. The molecule has 192 valence electrons. The Bertz CT molecular complexity index is 1580. The van der Waals surface area contributed by atoms with Crippen molar-refractivity contribution in [3.63, 3.8) is 0 Å². The summed E-state index contributed by atoms with van der Waals surface area (Å²) in [4.78, 5) is 36.9. The van der Waals surface area contributed by atoms with Crippen molar-refractivity contribution in [2.24, 2.45) is 0 Å². The van der Waals surface area contributed by atoms with Crippen LogP contribution in [0.15, 0.2) is 96.3 Å². The number of carbonyl (C=O) groups is 2. The first-order chi connectivity index (χ1) is 18.3. The first-order valence-electron chi connectivity index (χ1n) is 11.8. The van der Waals surface area contributed by atoms with Crippen LogP contribution in [0.3, 0.4) is 0 Å². The van der Waals surface area contributed by atoms with Gasteiger partial charge < -0.3 is 4.90 Å².